The van der Waals surface area contributed by atoms with Crippen molar-refractivity contribution in [3.63, 3.8) is 0 Å². The molecular weight excluding hydrogens is 575 g/mol. The van der Waals surface area contributed by atoms with Crippen LogP contribution in [-0.2, 0) is 4.74 Å². The van der Waals surface area contributed by atoms with E-state index in [4.69, 9.17) is 44.3 Å². The quantitative estimate of drug-likeness (QED) is 0.166. The number of ether oxygens (including phenoxy) is 2. The number of aryl methyl sites for hydroxylation is 2. The molecule has 3 aromatic carbocycles. The molecule has 0 N–H and O–H groups in total. The second-order valence-electron chi connectivity index (χ2n) is 10.2. The van der Waals surface area contributed by atoms with Crippen LogP contribution < -0.4 is 4.74 Å². The largest absolute Gasteiger partial charge is 0.496 e. The maximum atomic E-state index is 14.2. The summed E-state index contributed by atoms with van der Waals surface area (Å²) in [7, 11) is 1.48. The average Bonchev–Trinajstić information content (AvgIpc) is 2.85. The molecule has 0 bridgehead atoms. The Morgan fingerprint density at radius 2 is 1.40 bits per heavy atom. The number of carbonyl (C=O) groups excluding carboxylic acids is 3. The van der Waals surface area contributed by atoms with Gasteiger partial charge in [0.1, 0.15) is 5.75 Å². The third kappa shape index (κ3) is 6.72. The molecule has 3 amide bonds. The molecule has 212 valence electrons. The van der Waals surface area contributed by atoms with Crippen LogP contribution in [0.25, 0.3) is 0 Å². The number of hydrogen-bond acceptors (Lipinski definition) is 5. The van der Waals surface area contributed by atoms with Gasteiger partial charge in [0.25, 0.3) is 11.8 Å². The van der Waals surface area contributed by atoms with Crippen molar-refractivity contribution in [3.8, 4) is 5.75 Å². The molecule has 10 heteroatoms. The van der Waals surface area contributed by atoms with Gasteiger partial charge in [-0.2, -0.15) is 5.01 Å². The second-order valence-corrected chi connectivity index (χ2v) is 11.5. The molecule has 0 aliphatic rings. The van der Waals surface area contributed by atoms with Crippen LogP contribution in [-0.4, -0.2) is 40.6 Å². The van der Waals surface area contributed by atoms with Crippen molar-refractivity contribution in [2.24, 2.45) is 0 Å². The van der Waals surface area contributed by atoms with E-state index in [-0.39, 0.29) is 26.7 Å². The first-order valence-electron chi connectivity index (χ1n) is 12.4. The van der Waals surface area contributed by atoms with Crippen LogP contribution >= 0.6 is 34.8 Å². The summed E-state index contributed by atoms with van der Waals surface area (Å²) in [5, 5.41) is 2.12. The summed E-state index contributed by atoms with van der Waals surface area (Å²) in [6.45, 7) is 10.3. The molecule has 3 aromatic rings. The molecule has 0 saturated heterocycles. The van der Waals surface area contributed by atoms with Gasteiger partial charge in [-0.05, 0) is 77.9 Å². The minimum absolute atomic E-state index is 0.163. The van der Waals surface area contributed by atoms with Crippen molar-refractivity contribution in [2.75, 3.05) is 7.11 Å². The second kappa shape index (κ2) is 12.5. The Morgan fingerprint density at radius 1 is 0.850 bits per heavy atom. The Balaban J connectivity index is 2.18. The highest BCUT2D eigenvalue weighted by molar-refractivity contribution is 6.37. The van der Waals surface area contributed by atoms with E-state index in [9.17, 15) is 14.4 Å². The number of methoxy groups -OCH3 is 1. The highest BCUT2D eigenvalue weighted by Gasteiger charge is 2.42. The lowest BCUT2D eigenvalue weighted by Crippen LogP contribution is -2.60. The van der Waals surface area contributed by atoms with Crippen LogP contribution in [0.15, 0.2) is 54.6 Å². The summed E-state index contributed by atoms with van der Waals surface area (Å²) in [6, 6.07) is 14.8. The number of hydrogen-bond donors (Lipinski definition) is 0. The van der Waals surface area contributed by atoms with Gasteiger partial charge in [-0.1, -0.05) is 64.1 Å². The van der Waals surface area contributed by atoms with Crippen LogP contribution in [0.2, 0.25) is 10.0 Å². The molecule has 0 aromatic heterocycles. The topological polar surface area (TPSA) is 76.2 Å². The smallest absolute Gasteiger partial charge is 0.431 e. The van der Waals surface area contributed by atoms with Gasteiger partial charge in [-0.3, -0.25) is 9.59 Å². The zero-order valence-electron chi connectivity index (χ0n) is 23.3. The third-order valence-corrected chi connectivity index (χ3v) is 6.99. The highest BCUT2D eigenvalue weighted by Crippen LogP contribution is 2.36. The molecule has 0 spiro atoms. The summed E-state index contributed by atoms with van der Waals surface area (Å²) in [6.07, 6.45) is -1.06. The zero-order valence-corrected chi connectivity index (χ0v) is 25.6. The number of halogens is 3. The summed E-state index contributed by atoms with van der Waals surface area (Å²) in [5.74, 6) is -1.04. The first-order valence-corrected chi connectivity index (χ1v) is 13.6. The number of alkyl halides is 1. The van der Waals surface area contributed by atoms with E-state index >= 15 is 0 Å². The summed E-state index contributed by atoms with van der Waals surface area (Å²) >= 11 is 19.0. The lowest BCUT2D eigenvalue weighted by molar-refractivity contribution is -0.0453. The van der Waals surface area contributed by atoms with Gasteiger partial charge in [-0.15, -0.1) is 0 Å². The normalized spacial score (nSPS) is 11.9. The Labute approximate surface area is 249 Å². The Morgan fingerprint density at radius 3 is 1.93 bits per heavy atom. The van der Waals surface area contributed by atoms with E-state index in [1.807, 2.05) is 19.9 Å². The number of amides is 3. The fourth-order valence-electron chi connectivity index (χ4n) is 4.26. The van der Waals surface area contributed by atoms with E-state index in [0.29, 0.717) is 11.3 Å². The first kappa shape index (κ1) is 31.3. The number of benzene rings is 3. The molecule has 40 heavy (non-hydrogen) atoms. The summed E-state index contributed by atoms with van der Waals surface area (Å²) in [4.78, 5) is 42.1. The fraction of sp³-hybridized carbons (Fsp3) is 0.300. The van der Waals surface area contributed by atoms with Gasteiger partial charge in [0, 0.05) is 22.3 Å². The van der Waals surface area contributed by atoms with Crippen LogP contribution in [0, 0.1) is 20.8 Å². The number of carbonyl (C=O) groups is 3. The molecule has 0 aliphatic heterocycles. The number of nitrogens with zero attached hydrogens (tertiary/aromatic N) is 2. The van der Waals surface area contributed by atoms with E-state index in [0.717, 1.165) is 21.1 Å². The standard InChI is InChI=1S/C30H31Cl3N2O5/c1-17-14-18(2)16-20(15-17)27(36)34(28(37)21-10-8-13-24(39-7)19(21)3)35(30(4,5)6)29(38)40-26(33)25-22(31)11-9-12-23(25)32/h8-16,26H,1-7H3. The summed E-state index contributed by atoms with van der Waals surface area (Å²) < 4.78 is 11.0. The summed E-state index contributed by atoms with van der Waals surface area (Å²) in [5.41, 5.74) is 0.130. The van der Waals surface area contributed by atoms with Crippen LogP contribution in [0.1, 0.15) is 69.3 Å². The van der Waals surface area contributed by atoms with Crippen molar-refractivity contribution in [1.82, 2.24) is 10.0 Å². The Bertz CT molecular complexity index is 1410. The Kier molecular flexibility index (Phi) is 9.77. The van der Waals surface area contributed by atoms with Crippen molar-refractivity contribution >= 4 is 52.7 Å². The Hall–Kier alpha value is -3.26. The highest BCUT2D eigenvalue weighted by atomic mass is 35.5. The van der Waals surface area contributed by atoms with E-state index in [1.165, 1.54) is 7.11 Å². The molecular formula is C30H31Cl3N2O5. The number of imide groups is 1. The van der Waals surface area contributed by atoms with Crippen molar-refractivity contribution in [2.45, 2.75) is 52.6 Å². The van der Waals surface area contributed by atoms with E-state index in [1.54, 1.807) is 76.2 Å². The molecule has 1 unspecified atom stereocenters. The van der Waals surface area contributed by atoms with Crippen LogP contribution in [0.3, 0.4) is 0 Å². The molecule has 0 heterocycles. The molecule has 0 aliphatic carbocycles. The SMILES string of the molecule is COc1cccc(C(=O)N(C(=O)c2cc(C)cc(C)c2)N(C(=O)OC(Cl)c2c(Cl)cccc2Cl)C(C)(C)C)c1C. The van der Waals surface area contributed by atoms with Crippen LogP contribution in [0.4, 0.5) is 4.79 Å². The van der Waals surface area contributed by atoms with Crippen molar-refractivity contribution in [3.05, 3.63) is 98.0 Å². The molecule has 0 fully saturated rings. The fourth-order valence-corrected chi connectivity index (χ4v) is 5.27. The van der Waals surface area contributed by atoms with Crippen molar-refractivity contribution < 1.29 is 23.9 Å². The zero-order chi connectivity index (χ0) is 29.9. The minimum atomic E-state index is -1.41. The maximum Gasteiger partial charge on any atom is 0.431 e. The molecule has 0 saturated carbocycles. The third-order valence-electron chi connectivity index (χ3n) is 6.03. The molecule has 0 radical (unpaired) electrons. The lowest BCUT2D eigenvalue weighted by atomic mass is 10.0. The molecule has 1 atom stereocenters. The predicted molar refractivity (Wildman–Crippen MR) is 157 cm³/mol. The molecule has 7 nitrogen and oxygen atoms in total. The lowest BCUT2D eigenvalue weighted by Gasteiger charge is -2.41. The van der Waals surface area contributed by atoms with Gasteiger partial charge in [-0.25, -0.2) is 9.80 Å². The van der Waals surface area contributed by atoms with Crippen LogP contribution in [0.5, 0.6) is 5.75 Å². The maximum absolute atomic E-state index is 14.2. The van der Waals surface area contributed by atoms with Gasteiger partial charge in [0.15, 0.2) is 0 Å². The molecule has 3 rings (SSSR count). The van der Waals surface area contributed by atoms with E-state index < -0.39 is 29.0 Å². The van der Waals surface area contributed by atoms with Crippen molar-refractivity contribution in [1.29, 1.82) is 0 Å². The monoisotopic (exact) mass is 604 g/mol. The van der Waals surface area contributed by atoms with Gasteiger partial charge in [0.05, 0.1) is 22.7 Å². The number of hydrazine groups is 1. The van der Waals surface area contributed by atoms with E-state index in [2.05, 4.69) is 0 Å². The minimum Gasteiger partial charge on any atom is -0.496 e. The van der Waals surface area contributed by atoms with Gasteiger partial charge < -0.3 is 9.47 Å². The first-order chi connectivity index (χ1) is 18.7. The van der Waals surface area contributed by atoms with Gasteiger partial charge >= 0.3 is 6.09 Å². The predicted octanol–water partition coefficient (Wildman–Crippen LogP) is 8.30. The average molecular weight is 606 g/mol. The number of rotatable bonds is 5. The van der Waals surface area contributed by atoms with Gasteiger partial charge in [0.2, 0.25) is 5.56 Å².